The molecular formula is C15H19F2NO2. The van der Waals surface area contributed by atoms with Crippen molar-refractivity contribution in [1.82, 2.24) is 0 Å². The van der Waals surface area contributed by atoms with Gasteiger partial charge < -0.3 is 15.2 Å². The number of rotatable bonds is 2. The van der Waals surface area contributed by atoms with Crippen LogP contribution in [0.3, 0.4) is 0 Å². The van der Waals surface area contributed by atoms with E-state index in [0.29, 0.717) is 18.7 Å². The van der Waals surface area contributed by atoms with Crippen molar-refractivity contribution in [2.75, 3.05) is 11.9 Å². The second kappa shape index (κ2) is 5.30. The van der Waals surface area contributed by atoms with Crippen LogP contribution in [0.4, 0.5) is 14.5 Å². The lowest BCUT2D eigenvalue weighted by atomic mass is 9.74. The number of aliphatic hydroxyl groups is 1. The molecule has 3 rings (SSSR count). The van der Waals surface area contributed by atoms with Crippen molar-refractivity contribution in [3.05, 3.63) is 29.8 Å². The van der Waals surface area contributed by atoms with E-state index < -0.39 is 17.2 Å². The zero-order valence-corrected chi connectivity index (χ0v) is 11.2. The lowest BCUT2D eigenvalue weighted by molar-refractivity contribution is -0.168. The largest absolute Gasteiger partial charge is 0.385 e. The Morgan fingerprint density at radius 1 is 1.20 bits per heavy atom. The molecule has 0 spiro atoms. The van der Waals surface area contributed by atoms with Gasteiger partial charge in [0.1, 0.15) is 5.60 Å². The summed E-state index contributed by atoms with van der Waals surface area (Å²) in [6, 6.07) is 3.53. The predicted octanol–water partition coefficient (Wildman–Crippen LogP) is 2.84. The maximum absolute atomic E-state index is 13.3. The van der Waals surface area contributed by atoms with Gasteiger partial charge in [-0.25, -0.2) is 8.78 Å². The molecule has 2 fully saturated rings. The number of halogens is 2. The van der Waals surface area contributed by atoms with Crippen LogP contribution in [0, 0.1) is 11.6 Å². The minimum Gasteiger partial charge on any atom is -0.385 e. The molecular weight excluding hydrogens is 264 g/mol. The summed E-state index contributed by atoms with van der Waals surface area (Å²) in [4.78, 5) is 0. The van der Waals surface area contributed by atoms with E-state index in [2.05, 4.69) is 5.32 Å². The zero-order chi connectivity index (χ0) is 14.2. The Morgan fingerprint density at radius 3 is 2.85 bits per heavy atom. The molecule has 1 saturated carbocycles. The minimum atomic E-state index is -0.915. The average Bonchev–Trinajstić information content (AvgIpc) is 2.43. The molecule has 1 aliphatic carbocycles. The third-order valence-electron chi connectivity index (χ3n) is 4.42. The lowest BCUT2D eigenvalue weighted by Crippen LogP contribution is -2.60. The van der Waals surface area contributed by atoms with Crippen molar-refractivity contribution < 1.29 is 18.6 Å². The number of fused-ring (bicyclic) bond motifs is 1. The molecule has 0 aromatic heterocycles. The molecule has 1 heterocycles. The van der Waals surface area contributed by atoms with Gasteiger partial charge in [0.15, 0.2) is 11.6 Å². The van der Waals surface area contributed by atoms with Gasteiger partial charge in [0.05, 0.1) is 12.1 Å². The van der Waals surface area contributed by atoms with E-state index in [0.717, 1.165) is 37.8 Å². The van der Waals surface area contributed by atoms with Crippen molar-refractivity contribution in [3.63, 3.8) is 0 Å². The number of hydrogen-bond donors (Lipinski definition) is 2. The molecule has 3 atom stereocenters. The SMILES string of the molecule is O[C@]12CCCO[C@H]1CCC[C@H]2Nc1ccc(F)c(F)c1. The molecule has 1 aromatic rings. The Hall–Kier alpha value is -1.20. The van der Waals surface area contributed by atoms with Crippen LogP contribution >= 0.6 is 0 Å². The molecule has 3 nitrogen and oxygen atoms in total. The van der Waals surface area contributed by atoms with Crippen molar-refractivity contribution in [3.8, 4) is 0 Å². The summed E-state index contributed by atoms with van der Waals surface area (Å²) in [6.45, 7) is 0.685. The van der Waals surface area contributed by atoms with E-state index in [1.807, 2.05) is 0 Å². The standard InChI is InChI=1S/C15H19F2NO2/c16-11-6-5-10(9-12(11)17)18-13-3-1-4-14-15(13,19)7-2-8-20-14/h5-6,9,13-14,18-19H,1-4,7-8H2/t13-,14+,15+/m1/s1. The molecule has 2 N–H and O–H groups in total. The second-order valence-corrected chi connectivity index (χ2v) is 5.71. The van der Waals surface area contributed by atoms with Gasteiger partial charge in [-0.05, 0) is 44.2 Å². The highest BCUT2D eigenvalue weighted by Crippen LogP contribution is 2.39. The van der Waals surface area contributed by atoms with Gasteiger partial charge in [-0.15, -0.1) is 0 Å². The van der Waals surface area contributed by atoms with Crippen LogP contribution in [0.25, 0.3) is 0 Å². The summed E-state index contributed by atoms with van der Waals surface area (Å²) in [5.74, 6) is -1.74. The molecule has 5 heteroatoms. The predicted molar refractivity (Wildman–Crippen MR) is 71.5 cm³/mol. The number of benzene rings is 1. The van der Waals surface area contributed by atoms with E-state index in [4.69, 9.17) is 4.74 Å². The molecule has 1 aromatic carbocycles. The molecule has 110 valence electrons. The van der Waals surface area contributed by atoms with Crippen molar-refractivity contribution >= 4 is 5.69 Å². The third kappa shape index (κ3) is 2.40. The smallest absolute Gasteiger partial charge is 0.160 e. The van der Waals surface area contributed by atoms with Crippen LogP contribution in [-0.2, 0) is 4.74 Å². The topological polar surface area (TPSA) is 41.5 Å². The fourth-order valence-electron chi connectivity index (χ4n) is 3.36. The Kier molecular flexibility index (Phi) is 3.65. The first-order valence-electron chi connectivity index (χ1n) is 7.15. The van der Waals surface area contributed by atoms with E-state index >= 15 is 0 Å². The van der Waals surface area contributed by atoms with Crippen molar-refractivity contribution in [2.24, 2.45) is 0 Å². The van der Waals surface area contributed by atoms with E-state index in [1.165, 1.54) is 6.07 Å². The molecule has 0 unspecified atom stereocenters. The van der Waals surface area contributed by atoms with Gasteiger partial charge in [0.2, 0.25) is 0 Å². The van der Waals surface area contributed by atoms with Crippen LogP contribution < -0.4 is 5.32 Å². The van der Waals surface area contributed by atoms with Crippen LogP contribution in [0.15, 0.2) is 18.2 Å². The number of anilines is 1. The monoisotopic (exact) mass is 283 g/mol. The summed E-state index contributed by atoms with van der Waals surface area (Å²) < 4.78 is 31.9. The summed E-state index contributed by atoms with van der Waals surface area (Å²) in [6.07, 6.45) is 3.95. The summed E-state index contributed by atoms with van der Waals surface area (Å²) in [5, 5.41) is 14.0. The number of nitrogens with one attached hydrogen (secondary N) is 1. The zero-order valence-electron chi connectivity index (χ0n) is 11.2. The molecule has 1 aliphatic heterocycles. The maximum atomic E-state index is 13.3. The third-order valence-corrected chi connectivity index (χ3v) is 4.42. The number of hydrogen-bond acceptors (Lipinski definition) is 3. The van der Waals surface area contributed by atoms with Gasteiger partial charge in [0.25, 0.3) is 0 Å². The van der Waals surface area contributed by atoms with Gasteiger partial charge in [-0.1, -0.05) is 0 Å². The van der Waals surface area contributed by atoms with Gasteiger partial charge in [-0.2, -0.15) is 0 Å². The highest BCUT2D eigenvalue weighted by molar-refractivity contribution is 5.45. The summed E-state index contributed by atoms with van der Waals surface area (Å²) in [7, 11) is 0. The van der Waals surface area contributed by atoms with Gasteiger partial charge >= 0.3 is 0 Å². The second-order valence-electron chi connectivity index (χ2n) is 5.71. The summed E-state index contributed by atoms with van der Waals surface area (Å²) in [5.41, 5.74) is -0.421. The van der Waals surface area contributed by atoms with E-state index in [1.54, 1.807) is 0 Å². The summed E-state index contributed by atoms with van der Waals surface area (Å²) >= 11 is 0. The fourth-order valence-corrected chi connectivity index (χ4v) is 3.36. The molecule has 2 aliphatic rings. The maximum Gasteiger partial charge on any atom is 0.160 e. The quantitative estimate of drug-likeness (QED) is 0.877. The Balaban J connectivity index is 1.79. The van der Waals surface area contributed by atoms with E-state index in [-0.39, 0.29) is 12.1 Å². The van der Waals surface area contributed by atoms with Gasteiger partial charge in [-0.3, -0.25) is 0 Å². The Bertz CT molecular complexity index is 495. The van der Waals surface area contributed by atoms with Crippen molar-refractivity contribution in [2.45, 2.75) is 49.9 Å². The van der Waals surface area contributed by atoms with Crippen molar-refractivity contribution in [1.29, 1.82) is 0 Å². The Labute approximate surface area is 116 Å². The molecule has 20 heavy (non-hydrogen) atoms. The van der Waals surface area contributed by atoms with Gasteiger partial charge in [0, 0.05) is 18.4 Å². The first-order valence-corrected chi connectivity index (χ1v) is 7.15. The molecule has 1 saturated heterocycles. The average molecular weight is 283 g/mol. The first-order chi connectivity index (χ1) is 9.59. The van der Waals surface area contributed by atoms with E-state index in [9.17, 15) is 13.9 Å². The molecule has 0 bridgehead atoms. The first kappa shape index (κ1) is 13.8. The normalized spacial score (nSPS) is 33.5. The fraction of sp³-hybridized carbons (Fsp3) is 0.600. The van der Waals surface area contributed by atoms with Crippen LogP contribution in [-0.4, -0.2) is 29.5 Å². The number of ether oxygens (including phenoxy) is 1. The van der Waals surface area contributed by atoms with Crippen LogP contribution in [0.1, 0.15) is 32.1 Å². The molecule has 0 amide bonds. The minimum absolute atomic E-state index is 0.159. The van der Waals surface area contributed by atoms with Crippen LogP contribution in [0.5, 0.6) is 0 Å². The Morgan fingerprint density at radius 2 is 2.05 bits per heavy atom. The molecule has 0 radical (unpaired) electrons. The van der Waals surface area contributed by atoms with Crippen LogP contribution in [0.2, 0.25) is 0 Å². The highest BCUT2D eigenvalue weighted by Gasteiger charge is 2.48. The highest BCUT2D eigenvalue weighted by atomic mass is 19.2. The lowest BCUT2D eigenvalue weighted by Gasteiger charge is -2.48.